The van der Waals surface area contributed by atoms with Gasteiger partial charge in [0.05, 0.1) is 19.3 Å². The van der Waals surface area contributed by atoms with E-state index in [1.54, 1.807) is 24.5 Å². The number of amides is 1. The van der Waals surface area contributed by atoms with Gasteiger partial charge in [0.15, 0.2) is 0 Å². The summed E-state index contributed by atoms with van der Waals surface area (Å²) in [7, 11) is 0. The Bertz CT molecular complexity index is 731. The first-order valence-electron chi connectivity index (χ1n) is 8.76. The minimum Gasteiger partial charge on any atom is -0.465 e. The van der Waals surface area contributed by atoms with Crippen molar-refractivity contribution in [1.82, 2.24) is 15.2 Å². The van der Waals surface area contributed by atoms with Gasteiger partial charge in [-0.2, -0.15) is 0 Å². The quantitative estimate of drug-likeness (QED) is 0.899. The van der Waals surface area contributed by atoms with Gasteiger partial charge in [-0.3, -0.25) is 14.7 Å². The maximum atomic E-state index is 12.2. The van der Waals surface area contributed by atoms with E-state index < -0.39 is 0 Å². The third kappa shape index (κ3) is 3.60. The highest BCUT2D eigenvalue weighted by Crippen LogP contribution is 2.34. The molecule has 2 saturated heterocycles. The van der Waals surface area contributed by atoms with Gasteiger partial charge in [0.1, 0.15) is 11.5 Å². The molecule has 0 radical (unpaired) electrons. The predicted molar refractivity (Wildman–Crippen MR) is 92.0 cm³/mol. The summed E-state index contributed by atoms with van der Waals surface area (Å²) in [6.45, 7) is 6.07. The Morgan fingerprint density at radius 1 is 1.28 bits per heavy atom. The van der Waals surface area contributed by atoms with Gasteiger partial charge in [0.2, 0.25) is 0 Å². The van der Waals surface area contributed by atoms with Crippen LogP contribution in [0.4, 0.5) is 0 Å². The topological polar surface area (TPSA) is 67.6 Å². The zero-order valence-corrected chi connectivity index (χ0v) is 14.4. The molecule has 4 heterocycles. The number of carbonyl (C=O) groups excluding carboxylic acids is 1. The van der Waals surface area contributed by atoms with Crippen LogP contribution in [0.3, 0.4) is 0 Å². The van der Waals surface area contributed by atoms with Gasteiger partial charge in [-0.25, -0.2) is 0 Å². The predicted octanol–water partition coefficient (Wildman–Crippen LogP) is 1.86. The van der Waals surface area contributed by atoms with Gasteiger partial charge in [-0.15, -0.1) is 0 Å². The smallest absolute Gasteiger partial charge is 0.251 e. The maximum Gasteiger partial charge on any atom is 0.251 e. The summed E-state index contributed by atoms with van der Waals surface area (Å²) >= 11 is 0. The van der Waals surface area contributed by atoms with E-state index in [1.165, 1.54) is 0 Å². The molecule has 0 bridgehead atoms. The van der Waals surface area contributed by atoms with Crippen LogP contribution in [0, 0.1) is 18.8 Å². The number of ether oxygens (including phenoxy) is 1. The number of nitrogens with zero attached hydrogens (tertiary/aromatic N) is 2. The number of rotatable bonds is 5. The molecule has 0 spiro atoms. The average molecular weight is 341 g/mol. The van der Waals surface area contributed by atoms with Crippen molar-refractivity contribution in [3.8, 4) is 0 Å². The lowest BCUT2D eigenvalue weighted by atomic mass is 9.93. The summed E-state index contributed by atoms with van der Waals surface area (Å²) < 4.78 is 11.6. The molecule has 2 fully saturated rings. The Balaban J connectivity index is 1.30. The molecule has 132 valence electrons. The van der Waals surface area contributed by atoms with Crippen molar-refractivity contribution < 1.29 is 13.9 Å². The summed E-state index contributed by atoms with van der Waals surface area (Å²) in [6, 6.07) is 7.49. The van der Waals surface area contributed by atoms with Crippen molar-refractivity contribution in [2.24, 2.45) is 11.8 Å². The van der Waals surface area contributed by atoms with E-state index in [1.807, 2.05) is 19.1 Å². The number of fused-ring (bicyclic) bond motifs is 1. The highest BCUT2D eigenvalue weighted by molar-refractivity contribution is 5.93. The van der Waals surface area contributed by atoms with Gasteiger partial charge in [-0.1, -0.05) is 0 Å². The molecule has 0 saturated carbocycles. The third-order valence-corrected chi connectivity index (χ3v) is 5.16. The molecular formula is C19H23N3O3. The molecule has 2 aromatic rings. The number of furan rings is 1. The monoisotopic (exact) mass is 341 g/mol. The molecule has 1 amide bonds. The number of carbonyl (C=O) groups is 1. The van der Waals surface area contributed by atoms with Crippen LogP contribution < -0.4 is 5.32 Å². The second-order valence-corrected chi connectivity index (χ2v) is 6.95. The van der Waals surface area contributed by atoms with Gasteiger partial charge < -0.3 is 14.5 Å². The van der Waals surface area contributed by atoms with Gasteiger partial charge in [0, 0.05) is 49.4 Å². The SMILES string of the molecule is Cc1ccc(CN2C[C@H]3[C@@H](CNC(=O)c4ccncc4)CO[C@H]3C2)o1. The fourth-order valence-corrected chi connectivity index (χ4v) is 3.84. The van der Waals surface area contributed by atoms with Crippen LogP contribution in [-0.4, -0.2) is 48.1 Å². The summed E-state index contributed by atoms with van der Waals surface area (Å²) in [5.74, 6) is 2.72. The molecule has 2 aliphatic rings. The second-order valence-electron chi connectivity index (χ2n) is 6.95. The first kappa shape index (κ1) is 16.3. The van der Waals surface area contributed by atoms with Crippen LogP contribution in [0.15, 0.2) is 41.1 Å². The zero-order chi connectivity index (χ0) is 17.2. The summed E-state index contributed by atoms with van der Waals surface area (Å²) in [5, 5.41) is 3.04. The van der Waals surface area contributed by atoms with E-state index in [9.17, 15) is 4.79 Å². The van der Waals surface area contributed by atoms with Crippen molar-refractivity contribution in [3.05, 3.63) is 53.7 Å². The Morgan fingerprint density at radius 3 is 2.88 bits per heavy atom. The van der Waals surface area contributed by atoms with Crippen LogP contribution in [0.1, 0.15) is 21.9 Å². The number of likely N-dealkylation sites (tertiary alicyclic amines) is 1. The Morgan fingerprint density at radius 2 is 2.12 bits per heavy atom. The fourth-order valence-electron chi connectivity index (χ4n) is 3.84. The molecule has 0 unspecified atom stereocenters. The van der Waals surface area contributed by atoms with Crippen LogP contribution >= 0.6 is 0 Å². The van der Waals surface area contributed by atoms with Crippen molar-refractivity contribution >= 4 is 5.91 Å². The highest BCUT2D eigenvalue weighted by Gasteiger charge is 2.43. The normalized spacial score (nSPS) is 25.9. The Kier molecular flexibility index (Phi) is 4.55. The Labute approximate surface area is 147 Å². The summed E-state index contributed by atoms with van der Waals surface area (Å²) in [6.07, 6.45) is 3.53. The molecule has 25 heavy (non-hydrogen) atoms. The van der Waals surface area contributed by atoms with Crippen LogP contribution in [0.2, 0.25) is 0 Å². The van der Waals surface area contributed by atoms with Crippen molar-refractivity contribution in [2.75, 3.05) is 26.2 Å². The van der Waals surface area contributed by atoms with E-state index in [-0.39, 0.29) is 12.0 Å². The number of aromatic nitrogens is 1. The number of aryl methyl sites for hydroxylation is 1. The molecular weight excluding hydrogens is 318 g/mol. The Hall–Kier alpha value is -2.18. The van der Waals surface area contributed by atoms with Crippen LogP contribution in [0.5, 0.6) is 0 Å². The molecule has 3 atom stereocenters. The standard InChI is InChI=1S/C19H23N3O3/c1-13-2-3-16(25-13)9-22-10-17-15(12-24-18(17)11-22)8-21-19(23)14-4-6-20-7-5-14/h2-7,15,17-18H,8-12H2,1H3,(H,21,23)/t15-,17-,18-/m0/s1. The average Bonchev–Trinajstić information content (AvgIpc) is 3.30. The van der Waals surface area contributed by atoms with Crippen LogP contribution in [-0.2, 0) is 11.3 Å². The first-order valence-corrected chi connectivity index (χ1v) is 8.76. The van der Waals surface area contributed by atoms with Crippen molar-refractivity contribution in [2.45, 2.75) is 19.6 Å². The molecule has 2 aliphatic heterocycles. The summed E-state index contributed by atoms with van der Waals surface area (Å²) in [5.41, 5.74) is 0.645. The maximum absolute atomic E-state index is 12.2. The highest BCUT2D eigenvalue weighted by atomic mass is 16.5. The molecule has 6 nitrogen and oxygen atoms in total. The number of hydrogen-bond donors (Lipinski definition) is 1. The third-order valence-electron chi connectivity index (χ3n) is 5.16. The largest absolute Gasteiger partial charge is 0.465 e. The zero-order valence-electron chi connectivity index (χ0n) is 14.4. The first-order chi connectivity index (χ1) is 12.2. The number of pyridine rings is 1. The summed E-state index contributed by atoms with van der Waals surface area (Å²) in [4.78, 5) is 18.5. The minimum absolute atomic E-state index is 0.0493. The minimum atomic E-state index is -0.0493. The fraction of sp³-hybridized carbons (Fsp3) is 0.474. The molecule has 4 rings (SSSR count). The lowest BCUT2D eigenvalue weighted by molar-refractivity contribution is 0.0897. The van der Waals surface area contributed by atoms with Gasteiger partial charge in [-0.05, 0) is 31.2 Å². The molecule has 6 heteroatoms. The van der Waals surface area contributed by atoms with Gasteiger partial charge >= 0.3 is 0 Å². The van der Waals surface area contributed by atoms with Gasteiger partial charge in [0.25, 0.3) is 5.91 Å². The van der Waals surface area contributed by atoms with E-state index in [4.69, 9.17) is 9.15 Å². The molecule has 1 N–H and O–H groups in total. The second kappa shape index (κ2) is 6.98. The number of nitrogens with one attached hydrogen (secondary N) is 1. The van der Waals surface area contributed by atoms with E-state index >= 15 is 0 Å². The van der Waals surface area contributed by atoms with Crippen molar-refractivity contribution in [3.63, 3.8) is 0 Å². The van der Waals surface area contributed by atoms with E-state index in [0.29, 0.717) is 23.9 Å². The van der Waals surface area contributed by atoms with E-state index in [2.05, 4.69) is 15.2 Å². The van der Waals surface area contributed by atoms with E-state index in [0.717, 1.165) is 37.8 Å². The molecule has 0 aromatic carbocycles. The van der Waals surface area contributed by atoms with Crippen LogP contribution in [0.25, 0.3) is 0 Å². The lowest BCUT2D eigenvalue weighted by Crippen LogP contribution is -2.34. The lowest BCUT2D eigenvalue weighted by Gasteiger charge is -2.19. The molecule has 0 aliphatic carbocycles. The molecule has 2 aromatic heterocycles. The number of hydrogen-bond acceptors (Lipinski definition) is 5. The van der Waals surface area contributed by atoms with Crippen molar-refractivity contribution in [1.29, 1.82) is 0 Å².